The van der Waals surface area contributed by atoms with Crippen LogP contribution in [0.5, 0.6) is 0 Å². The molecule has 0 spiro atoms. The molecule has 0 bridgehead atoms. The third kappa shape index (κ3) is 10.3. The van der Waals surface area contributed by atoms with E-state index in [1.54, 1.807) is 7.11 Å². The van der Waals surface area contributed by atoms with Crippen LogP contribution in [0.15, 0.2) is 0 Å². The molecule has 78 valence electrons. The molecule has 0 aromatic carbocycles. The molecule has 0 atom stereocenters. The van der Waals surface area contributed by atoms with E-state index in [-0.39, 0.29) is 0 Å². The first kappa shape index (κ1) is 13.4. The van der Waals surface area contributed by atoms with Crippen LogP contribution < -0.4 is 11.1 Å². The summed E-state index contributed by atoms with van der Waals surface area (Å²) in [6.07, 6.45) is 2.24. The summed E-state index contributed by atoms with van der Waals surface area (Å²) >= 11 is -1.29. The number of rotatable bonds is 9. The van der Waals surface area contributed by atoms with Crippen molar-refractivity contribution >= 4 is 14.8 Å². The van der Waals surface area contributed by atoms with Crippen LogP contribution in [0.4, 0.5) is 0 Å². The molecule has 0 radical (unpaired) electrons. The third-order valence-electron chi connectivity index (χ3n) is 1.75. The zero-order valence-electron chi connectivity index (χ0n) is 8.71. The van der Waals surface area contributed by atoms with E-state index < -0.39 is 14.8 Å². The third-order valence-corrected chi connectivity index (χ3v) is 3.12. The summed E-state index contributed by atoms with van der Waals surface area (Å²) in [6.45, 7) is 3.48. The summed E-state index contributed by atoms with van der Waals surface area (Å²) in [7, 11) is 1.71. The topological polar surface area (TPSA) is 56.5 Å². The van der Waals surface area contributed by atoms with Gasteiger partial charge in [-0.3, -0.25) is 0 Å². The second kappa shape index (κ2) is 10.5. The Labute approximate surface area is 85.8 Å². The van der Waals surface area contributed by atoms with Crippen molar-refractivity contribution in [3.63, 3.8) is 0 Å². The molecule has 0 aromatic rings. The van der Waals surface area contributed by atoms with Crippen molar-refractivity contribution in [3.05, 3.63) is 0 Å². The van der Waals surface area contributed by atoms with Gasteiger partial charge in [0.15, 0.2) is 0 Å². The molecular formula is C8H21AlN2O2. The Morgan fingerprint density at radius 2 is 2.08 bits per heavy atom. The molecule has 4 nitrogen and oxygen atoms in total. The van der Waals surface area contributed by atoms with Gasteiger partial charge in [0.05, 0.1) is 0 Å². The normalized spacial score (nSPS) is 10.4. The van der Waals surface area contributed by atoms with E-state index in [4.69, 9.17) is 13.3 Å². The van der Waals surface area contributed by atoms with Crippen molar-refractivity contribution in [1.29, 1.82) is 0 Å². The van der Waals surface area contributed by atoms with E-state index in [1.807, 2.05) is 5.79 Å². The van der Waals surface area contributed by atoms with Gasteiger partial charge in [-0.05, 0) is 19.4 Å². The van der Waals surface area contributed by atoms with Gasteiger partial charge in [-0.2, -0.15) is 0 Å². The summed E-state index contributed by atoms with van der Waals surface area (Å²) in [5, 5.41) is 3.24. The van der Waals surface area contributed by atoms with Gasteiger partial charge in [-0.1, -0.05) is 5.79 Å². The lowest BCUT2D eigenvalue weighted by molar-refractivity contribution is 0.230. The first-order valence-electron chi connectivity index (χ1n) is 4.86. The minimum absolute atomic E-state index is 0.712. The van der Waals surface area contributed by atoms with Crippen LogP contribution in [0.2, 0.25) is 5.79 Å². The fraction of sp³-hybridized carbons (Fsp3) is 1.00. The van der Waals surface area contributed by atoms with Gasteiger partial charge in [-0.15, -0.1) is 0 Å². The number of unbranched alkanes of at least 4 members (excludes halogenated alkanes) is 1. The van der Waals surface area contributed by atoms with Gasteiger partial charge in [0, 0.05) is 26.8 Å². The standard InChI is InChI=1S/C6H15N2O.CH3O.CH3.Al/c7-3-5-8-4-1-2-6-9;1-2;;/h8H,1-7H2;1H3;1H3;/q2*-1;;+2. The van der Waals surface area contributed by atoms with Crippen LogP contribution in [-0.4, -0.2) is 48.2 Å². The average molecular weight is 204 g/mol. The van der Waals surface area contributed by atoms with Gasteiger partial charge in [0.2, 0.25) is 0 Å². The Hall–Kier alpha value is 0.372. The highest BCUT2D eigenvalue weighted by molar-refractivity contribution is 6.42. The quantitative estimate of drug-likeness (QED) is 0.413. The van der Waals surface area contributed by atoms with Crippen molar-refractivity contribution in [1.82, 2.24) is 5.32 Å². The van der Waals surface area contributed by atoms with Crippen molar-refractivity contribution in [3.8, 4) is 0 Å². The van der Waals surface area contributed by atoms with Crippen LogP contribution in [0, 0.1) is 0 Å². The number of nitrogens with one attached hydrogen (secondary N) is 1. The van der Waals surface area contributed by atoms with Crippen molar-refractivity contribution in [2.45, 2.75) is 18.6 Å². The Morgan fingerprint density at radius 3 is 2.69 bits per heavy atom. The zero-order chi connectivity index (χ0) is 9.94. The largest absolute Gasteiger partial charge is 0.670 e. The van der Waals surface area contributed by atoms with E-state index in [2.05, 4.69) is 5.32 Å². The van der Waals surface area contributed by atoms with Gasteiger partial charge in [0.1, 0.15) is 0 Å². The van der Waals surface area contributed by atoms with Crippen molar-refractivity contribution in [2.75, 3.05) is 33.4 Å². The Balaban J connectivity index is 2.91. The Kier molecular flexibility index (Phi) is 10.8. The minimum atomic E-state index is -1.29. The van der Waals surface area contributed by atoms with Gasteiger partial charge in [-0.25, -0.2) is 0 Å². The first-order valence-corrected chi connectivity index (χ1v) is 6.96. The number of nitrogens with two attached hydrogens (primary N) is 1. The van der Waals surface area contributed by atoms with Gasteiger partial charge in [0.25, 0.3) is 0 Å². The lowest BCUT2D eigenvalue weighted by Gasteiger charge is -2.06. The zero-order valence-corrected chi connectivity index (χ0v) is 9.87. The van der Waals surface area contributed by atoms with Crippen LogP contribution >= 0.6 is 0 Å². The number of hydrogen-bond donors (Lipinski definition) is 2. The van der Waals surface area contributed by atoms with E-state index in [9.17, 15) is 0 Å². The molecular weight excluding hydrogens is 183 g/mol. The highest BCUT2D eigenvalue weighted by atomic mass is 27.2. The highest BCUT2D eigenvalue weighted by Crippen LogP contribution is 1.92. The molecule has 0 saturated heterocycles. The van der Waals surface area contributed by atoms with Crippen LogP contribution in [-0.2, 0) is 7.58 Å². The van der Waals surface area contributed by atoms with E-state index in [0.717, 1.165) is 32.5 Å². The molecule has 0 fully saturated rings. The first-order chi connectivity index (χ1) is 6.31. The summed E-state index contributed by atoms with van der Waals surface area (Å²) in [5.41, 5.74) is 5.33. The molecule has 5 heteroatoms. The molecule has 0 saturated carbocycles. The smallest absolute Gasteiger partial charge is 0.481 e. The molecule has 3 N–H and O–H groups in total. The maximum Gasteiger partial charge on any atom is 0.670 e. The van der Waals surface area contributed by atoms with Crippen LogP contribution in [0.3, 0.4) is 0 Å². The van der Waals surface area contributed by atoms with E-state index in [0.29, 0.717) is 6.54 Å². The van der Waals surface area contributed by atoms with Gasteiger partial charge >= 0.3 is 14.8 Å². The van der Waals surface area contributed by atoms with E-state index in [1.165, 1.54) is 0 Å². The summed E-state index contributed by atoms with van der Waals surface area (Å²) in [6, 6.07) is 0. The fourth-order valence-corrected chi connectivity index (χ4v) is 1.53. The predicted molar refractivity (Wildman–Crippen MR) is 55.7 cm³/mol. The van der Waals surface area contributed by atoms with E-state index >= 15 is 0 Å². The highest BCUT2D eigenvalue weighted by Gasteiger charge is 2.13. The lowest BCUT2D eigenvalue weighted by atomic mass is 10.3. The molecule has 0 aliphatic carbocycles. The molecule has 0 rings (SSSR count). The molecule has 0 unspecified atom stereocenters. The second-order valence-corrected chi connectivity index (χ2v) is 4.86. The second-order valence-electron chi connectivity index (χ2n) is 2.92. The molecule has 0 heterocycles. The van der Waals surface area contributed by atoms with Crippen LogP contribution in [0.25, 0.3) is 0 Å². The Morgan fingerprint density at radius 1 is 1.31 bits per heavy atom. The SMILES string of the molecule is C[O][Al]([CH3])[O]CCCCNCCN. The molecule has 0 aliphatic rings. The summed E-state index contributed by atoms with van der Waals surface area (Å²) < 4.78 is 10.5. The van der Waals surface area contributed by atoms with Gasteiger partial charge < -0.3 is 18.6 Å². The monoisotopic (exact) mass is 204 g/mol. The minimum Gasteiger partial charge on any atom is -0.481 e. The van der Waals surface area contributed by atoms with Crippen molar-refractivity contribution < 1.29 is 7.58 Å². The number of hydrogen-bond acceptors (Lipinski definition) is 4. The lowest BCUT2D eigenvalue weighted by Crippen LogP contribution is -2.24. The molecule has 13 heavy (non-hydrogen) atoms. The van der Waals surface area contributed by atoms with Crippen LogP contribution in [0.1, 0.15) is 12.8 Å². The molecule has 0 aliphatic heterocycles. The maximum absolute atomic E-state index is 5.46. The average Bonchev–Trinajstić information content (AvgIpc) is 2.16. The summed E-state index contributed by atoms with van der Waals surface area (Å²) in [5.74, 6) is 2.03. The summed E-state index contributed by atoms with van der Waals surface area (Å²) in [4.78, 5) is 0. The van der Waals surface area contributed by atoms with Crippen molar-refractivity contribution in [2.24, 2.45) is 5.73 Å². The predicted octanol–water partition coefficient (Wildman–Crippen LogP) is 0.0959. The molecule has 0 amide bonds. The maximum atomic E-state index is 5.46. The Bertz CT molecular complexity index is 106. The fourth-order valence-electron chi connectivity index (χ4n) is 0.896. The molecule has 0 aromatic heterocycles.